The number of halogens is 2. The number of nitrogens with one attached hydrogen (secondary N) is 1. The van der Waals surface area contributed by atoms with E-state index in [4.69, 9.17) is 23.2 Å². The summed E-state index contributed by atoms with van der Waals surface area (Å²) in [6.45, 7) is 0.984. The van der Waals surface area contributed by atoms with Crippen molar-refractivity contribution < 1.29 is 9.59 Å². The van der Waals surface area contributed by atoms with E-state index in [2.05, 4.69) is 5.32 Å². The van der Waals surface area contributed by atoms with Crippen LogP contribution in [0.25, 0.3) is 0 Å². The summed E-state index contributed by atoms with van der Waals surface area (Å²) in [7, 11) is 0. The van der Waals surface area contributed by atoms with E-state index in [1.165, 1.54) is 0 Å². The van der Waals surface area contributed by atoms with Gasteiger partial charge in [0.15, 0.2) is 4.87 Å². The number of amides is 2. The van der Waals surface area contributed by atoms with E-state index < -0.39 is 4.87 Å². The zero-order valence-electron chi connectivity index (χ0n) is 11.2. The van der Waals surface area contributed by atoms with Gasteiger partial charge in [0.2, 0.25) is 5.91 Å². The highest BCUT2D eigenvalue weighted by atomic mass is 35.5. The minimum absolute atomic E-state index is 0.0691. The largest absolute Gasteiger partial charge is 0.349 e. The monoisotopic (exact) mass is 344 g/mol. The van der Waals surface area contributed by atoms with E-state index in [-0.39, 0.29) is 11.8 Å². The Morgan fingerprint density at radius 3 is 3.00 bits per heavy atom. The Hall–Kier alpha value is -0.910. The van der Waals surface area contributed by atoms with Gasteiger partial charge in [0, 0.05) is 35.3 Å². The summed E-state index contributed by atoms with van der Waals surface area (Å²) in [6, 6.07) is 5.18. The van der Waals surface area contributed by atoms with Crippen molar-refractivity contribution in [2.24, 2.45) is 0 Å². The van der Waals surface area contributed by atoms with Crippen molar-refractivity contribution >= 4 is 46.8 Å². The normalized spacial score (nSPS) is 24.3. The van der Waals surface area contributed by atoms with Crippen LogP contribution < -0.4 is 5.32 Å². The Bertz CT molecular complexity index is 611. The Morgan fingerprint density at radius 2 is 2.24 bits per heavy atom. The van der Waals surface area contributed by atoms with E-state index >= 15 is 0 Å². The first-order valence-corrected chi connectivity index (χ1v) is 8.44. The molecule has 7 heteroatoms. The second kappa shape index (κ2) is 5.71. The molecule has 2 aliphatic rings. The van der Waals surface area contributed by atoms with Gasteiger partial charge in [0.25, 0.3) is 5.91 Å². The molecular formula is C14H14Cl2N2O2S. The van der Waals surface area contributed by atoms with Gasteiger partial charge < -0.3 is 10.2 Å². The average Bonchev–Trinajstić information content (AvgIpc) is 3.00. The Balaban J connectivity index is 1.71. The van der Waals surface area contributed by atoms with Gasteiger partial charge in [-0.3, -0.25) is 9.59 Å². The molecule has 1 aromatic carbocycles. The van der Waals surface area contributed by atoms with Crippen molar-refractivity contribution in [3.63, 3.8) is 0 Å². The lowest BCUT2D eigenvalue weighted by molar-refractivity contribution is -0.135. The number of carbonyl (C=O) groups excluding carboxylic acids is 2. The van der Waals surface area contributed by atoms with Crippen molar-refractivity contribution in [2.45, 2.75) is 24.3 Å². The van der Waals surface area contributed by atoms with Crippen LogP contribution in [0.4, 0.5) is 0 Å². The second-order valence-electron chi connectivity index (χ2n) is 5.10. The van der Waals surface area contributed by atoms with Crippen molar-refractivity contribution in [3.05, 3.63) is 33.8 Å². The molecule has 0 saturated carbocycles. The van der Waals surface area contributed by atoms with E-state index in [9.17, 15) is 9.59 Å². The van der Waals surface area contributed by atoms with Gasteiger partial charge in [-0.2, -0.15) is 0 Å². The van der Waals surface area contributed by atoms with Gasteiger partial charge in [-0.25, -0.2) is 0 Å². The number of hydrogen-bond donors (Lipinski definition) is 1. The lowest BCUT2D eigenvalue weighted by Crippen LogP contribution is -2.50. The maximum atomic E-state index is 12.6. The maximum Gasteiger partial charge on any atom is 0.256 e. The summed E-state index contributed by atoms with van der Waals surface area (Å²) < 4.78 is 0. The molecule has 0 spiro atoms. The molecule has 3 rings (SSSR count). The van der Waals surface area contributed by atoms with Crippen LogP contribution in [0, 0.1) is 0 Å². The first kappa shape index (κ1) is 15.0. The van der Waals surface area contributed by atoms with E-state index in [0.29, 0.717) is 36.0 Å². The molecule has 21 heavy (non-hydrogen) atoms. The Morgan fingerprint density at radius 1 is 1.43 bits per heavy atom. The van der Waals surface area contributed by atoms with Crippen molar-refractivity contribution in [1.29, 1.82) is 0 Å². The lowest BCUT2D eigenvalue weighted by atomic mass is 10.1. The number of fused-ring (bicyclic) bond motifs is 1. The van der Waals surface area contributed by atoms with Gasteiger partial charge in [0.05, 0.1) is 0 Å². The number of carbonyl (C=O) groups is 2. The van der Waals surface area contributed by atoms with Crippen LogP contribution in [0.3, 0.4) is 0 Å². The summed E-state index contributed by atoms with van der Waals surface area (Å²) in [5.74, 6) is 0.766. The van der Waals surface area contributed by atoms with Crippen LogP contribution in [0.2, 0.25) is 10.0 Å². The highest BCUT2D eigenvalue weighted by Gasteiger charge is 2.54. The first-order valence-electron chi connectivity index (χ1n) is 6.69. The Labute approximate surface area is 137 Å². The van der Waals surface area contributed by atoms with E-state index in [1.54, 1.807) is 34.9 Å². The van der Waals surface area contributed by atoms with Crippen molar-refractivity contribution in [2.75, 3.05) is 12.3 Å². The van der Waals surface area contributed by atoms with Gasteiger partial charge in [-0.05, 0) is 24.1 Å². The molecule has 0 aromatic heterocycles. The van der Waals surface area contributed by atoms with Gasteiger partial charge in [0.1, 0.15) is 0 Å². The molecule has 2 aliphatic heterocycles. The SMILES string of the molecule is O=C1CCC2(C(=O)NCc3ccc(Cl)cc3Cl)SCCN12. The van der Waals surface area contributed by atoms with E-state index in [1.807, 2.05) is 0 Å². The van der Waals surface area contributed by atoms with Crippen LogP contribution in [0.1, 0.15) is 18.4 Å². The smallest absolute Gasteiger partial charge is 0.256 e. The van der Waals surface area contributed by atoms with Gasteiger partial charge in [-0.15, -0.1) is 11.8 Å². The molecule has 1 N–H and O–H groups in total. The zero-order chi connectivity index (χ0) is 15.0. The second-order valence-corrected chi connectivity index (χ2v) is 7.31. The first-order chi connectivity index (χ1) is 10.0. The molecule has 0 aliphatic carbocycles. The van der Waals surface area contributed by atoms with Crippen molar-refractivity contribution in [3.8, 4) is 0 Å². The molecule has 1 aromatic rings. The summed E-state index contributed by atoms with van der Waals surface area (Å²) in [5.41, 5.74) is 0.810. The zero-order valence-corrected chi connectivity index (χ0v) is 13.5. The summed E-state index contributed by atoms with van der Waals surface area (Å²) in [4.78, 5) is 25.4. The molecule has 0 radical (unpaired) electrons. The Kier molecular flexibility index (Phi) is 4.08. The number of benzene rings is 1. The average molecular weight is 345 g/mol. The standard InChI is InChI=1S/C14H14Cl2N2O2S/c15-10-2-1-9(11(16)7-10)8-17-13(20)14-4-3-12(19)18(14)5-6-21-14/h1-2,7H,3-6,8H2,(H,17,20). The minimum Gasteiger partial charge on any atom is -0.349 e. The predicted molar refractivity (Wildman–Crippen MR) is 84.4 cm³/mol. The number of rotatable bonds is 3. The lowest BCUT2D eigenvalue weighted by Gasteiger charge is -2.29. The fourth-order valence-electron chi connectivity index (χ4n) is 2.79. The highest BCUT2D eigenvalue weighted by Crippen LogP contribution is 2.44. The molecule has 2 fully saturated rings. The van der Waals surface area contributed by atoms with E-state index in [0.717, 1.165) is 11.3 Å². The fourth-order valence-corrected chi connectivity index (χ4v) is 4.67. The maximum absolute atomic E-state index is 12.6. The minimum atomic E-state index is -0.712. The van der Waals surface area contributed by atoms with Crippen LogP contribution >= 0.6 is 35.0 Å². The number of hydrogen-bond acceptors (Lipinski definition) is 3. The quantitative estimate of drug-likeness (QED) is 0.916. The summed E-state index contributed by atoms with van der Waals surface area (Å²) in [5, 5.41) is 3.99. The van der Waals surface area contributed by atoms with Crippen molar-refractivity contribution in [1.82, 2.24) is 10.2 Å². The highest BCUT2D eigenvalue weighted by molar-refractivity contribution is 8.01. The molecule has 1 atom stereocenters. The molecule has 1 unspecified atom stereocenters. The van der Waals surface area contributed by atoms with Crippen LogP contribution in [-0.4, -0.2) is 33.9 Å². The predicted octanol–water partition coefficient (Wildman–Crippen LogP) is 2.68. The van der Waals surface area contributed by atoms with Gasteiger partial charge in [-0.1, -0.05) is 29.3 Å². The molecule has 2 saturated heterocycles. The molecule has 2 heterocycles. The number of thioether (sulfide) groups is 1. The molecule has 0 bridgehead atoms. The molecule has 112 valence electrons. The fraction of sp³-hybridized carbons (Fsp3) is 0.429. The van der Waals surface area contributed by atoms with Crippen LogP contribution in [-0.2, 0) is 16.1 Å². The third-order valence-corrected chi connectivity index (χ3v) is 5.94. The van der Waals surface area contributed by atoms with Crippen LogP contribution in [0.15, 0.2) is 18.2 Å². The topological polar surface area (TPSA) is 49.4 Å². The summed E-state index contributed by atoms with van der Waals surface area (Å²) >= 11 is 13.5. The molecule has 2 amide bonds. The number of nitrogens with zero attached hydrogens (tertiary/aromatic N) is 1. The van der Waals surface area contributed by atoms with Crippen LogP contribution in [0.5, 0.6) is 0 Å². The van der Waals surface area contributed by atoms with Gasteiger partial charge >= 0.3 is 0 Å². The third kappa shape index (κ3) is 2.62. The molecule has 4 nitrogen and oxygen atoms in total. The molecular weight excluding hydrogens is 331 g/mol. The third-order valence-electron chi connectivity index (χ3n) is 3.88. The summed E-state index contributed by atoms with van der Waals surface area (Å²) in [6.07, 6.45) is 1.03.